The number of imidazole rings is 1. The van der Waals surface area contributed by atoms with Crippen LogP contribution in [0.5, 0.6) is 0 Å². The van der Waals surface area contributed by atoms with E-state index in [4.69, 9.17) is 0 Å². The first-order valence-corrected chi connectivity index (χ1v) is 8.60. The van der Waals surface area contributed by atoms with Crippen LogP contribution in [0.1, 0.15) is 33.3 Å². The maximum absolute atomic E-state index is 12.4. The van der Waals surface area contributed by atoms with Gasteiger partial charge in [-0.15, -0.1) is 11.3 Å². The van der Waals surface area contributed by atoms with Crippen LogP contribution in [-0.4, -0.2) is 38.0 Å². The third-order valence-electron chi connectivity index (χ3n) is 4.18. The molecular weight excluding hydrogens is 340 g/mol. The molecule has 0 radical (unpaired) electrons. The first-order chi connectivity index (χ1) is 12.1. The van der Waals surface area contributed by atoms with Crippen LogP contribution in [-0.2, 0) is 11.3 Å². The van der Waals surface area contributed by atoms with E-state index in [0.29, 0.717) is 11.1 Å². The van der Waals surface area contributed by atoms with Gasteiger partial charge in [-0.3, -0.25) is 23.7 Å². The van der Waals surface area contributed by atoms with Crippen molar-refractivity contribution in [1.82, 2.24) is 19.6 Å². The maximum Gasteiger partial charge on any atom is 0.262 e. The molecule has 3 heterocycles. The Morgan fingerprint density at radius 2 is 1.92 bits per heavy atom. The highest BCUT2D eigenvalue weighted by atomic mass is 32.1. The molecule has 7 nitrogen and oxygen atoms in total. The summed E-state index contributed by atoms with van der Waals surface area (Å²) in [6, 6.07) is 5.69. The number of nitrogens with zero attached hydrogens (tertiary/aromatic N) is 3. The molecule has 1 N–H and O–H groups in total. The van der Waals surface area contributed by atoms with Crippen molar-refractivity contribution in [3.63, 3.8) is 0 Å². The van der Waals surface area contributed by atoms with Crippen LogP contribution in [0.15, 0.2) is 42.0 Å². The van der Waals surface area contributed by atoms with Gasteiger partial charge >= 0.3 is 0 Å². The molecule has 0 saturated heterocycles. The van der Waals surface area contributed by atoms with Crippen LogP contribution in [0.25, 0.3) is 4.96 Å². The lowest BCUT2D eigenvalue weighted by molar-refractivity contribution is -0.124. The smallest absolute Gasteiger partial charge is 0.262 e. The molecule has 0 spiro atoms. The first kappa shape index (κ1) is 15.5. The van der Waals surface area contributed by atoms with Gasteiger partial charge in [0.1, 0.15) is 6.04 Å². The molecule has 0 bridgehead atoms. The fourth-order valence-electron chi connectivity index (χ4n) is 2.86. The Morgan fingerprint density at radius 1 is 1.24 bits per heavy atom. The van der Waals surface area contributed by atoms with Crippen LogP contribution in [0.3, 0.4) is 0 Å². The summed E-state index contributed by atoms with van der Waals surface area (Å²) in [4.78, 5) is 43.5. The van der Waals surface area contributed by atoms with E-state index in [1.165, 1.54) is 11.3 Å². The number of hydrogen-bond acceptors (Lipinski definition) is 5. The van der Waals surface area contributed by atoms with Gasteiger partial charge in [0, 0.05) is 17.8 Å². The summed E-state index contributed by atoms with van der Waals surface area (Å²) in [6.45, 7) is 1.78. The summed E-state index contributed by atoms with van der Waals surface area (Å²) >= 11 is 1.50. The summed E-state index contributed by atoms with van der Waals surface area (Å²) in [5.74, 6) is -1.28. The molecular formula is C17H14N4O3S. The molecule has 1 unspecified atom stereocenters. The van der Waals surface area contributed by atoms with Gasteiger partial charge in [0.05, 0.1) is 23.4 Å². The lowest BCUT2D eigenvalue weighted by Crippen LogP contribution is -2.47. The molecule has 0 aliphatic carbocycles. The van der Waals surface area contributed by atoms with Crippen molar-refractivity contribution in [2.45, 2.75) is 19.5 Å². The number of carbonyl (C=O) groups excluding carboxylic acids is 3. The minimum absolute atomic E-state index is 0.237. The number of fused-ring (bicyclic) bond motifs is 2. The third-order valence-corrected chi connectivity index (χ3v) is 4.95. The summed E-state index contributed by atoms with van der Waals surface area (Å²) in [5, 5.41) is 4.66. The highest BCUT2D eigenvalue weighted by Crippen LogP contribution is 2.24. The Labute approximate surface area is 146 Å². The van der Waals surface area contributed by atoms with E-state index in [2.05, 4.69) is 10.3 Å². The van der Waals surface area contributed by atoms with Gasteiger partial charge in [-0.2, -0.15) is 0 Å². The molecule has 1 atom stereocenters. The molecule has 1 aliphatic rings. The van der Waals surface area contributed by atoms with Crippen molar-refractivity contribution in [1.29, 1.82) is 0 Å². The number of benzene rings is 1. The zero-order valence-corrected chi connectivity index (χ0v) is 14.1. The quantitative estimate of drug-likeness (QED) is 0.723. The highest BCUT2D eigenvalue weighted by molar-refractivity contribution is 7.15. The second-order valence-corrected chi connectivity index (χ2v) is 6.62. The highest BCUT2D eigenvalue weighted by Gasteiger charge is 2.40. The molecule has 0 fully saturated rings. The van der Waals surface area contributed by atoms with Crippen molar-refractivity contribution in [3.8, 4) is 0 Å². The molecule has 1 aliphatic heterocycles. The average Bonchev–Trinajstić information content (AvgIpc) is 3.26. The predicted octanol–water partition coefficient (Wildman–Crippen LogP) is 1.70. The Kier molecular flexibility index (Phi) is 3.61. The van der Waals surface area contributed by atoms with Crippen LogP contribution >= 0.6 is 11.3 Å². The van der Waals surface area contributed by atoms with E-state index in [-0.39, 0.29) is 6.54 Å². The average molecular weight is 354 g/mol. The first-order valence-electron chi connectivity index (χ1n) is 7.72. The number of aromatic nitrogens is 2. The van der Waals surface area contributed by atoms with Crippen molar-refractivity contribution in [2.75, 3.05) is 0 Å². The largest absolute Gasteiger partial charge is 0.349 e. The van der Waals surface area contributed by atoms with E-state index in [9.17, 15) is 14.4 Å². The van der Waals surface area contributed by atoms with Gasteiger partial charge in [-0.1, -0.05) is 12.1 Å². The lowest BCUT2D eigenvalue weighted by atomic mass is 10.1. The normalized spacial score (nSPS) is 14.8. The lowest BCUT2D eigenvalue weighted by Gasteiger charge is -2.21. The Hall–Kier alpha value is -3.00. The Bertz CT molecular complexity index is 943. The monoisotopic (exact) mass is 354 g/mol. The number of nitrogens with one attached hydrogen (secondary N) is 1. The molecule has 1 aromatic carbocycles. The number of carbonyl (C=O) groups is 3. The SMILES string of the molecule is CC(C(=O)NCc1cn2ccsc2n1)N1C(=O)c2ccccc2C1=O. The summed E-state index contributed by atoms with van der Waals surface area (Å²) < 4.78 is 1.87. The number of rotatable bonds is 4. The molecule has 25 heavy (non-hydrogen) atoms. The number of amides is 3. The topological polar surface area (TPSA) is 83.8 Å². The standard InChI is InChI=1S/C17H14N4O3S/c1-10(21-15(23)12-4-2-3-5-13(12)16(21)24)14(22)18-8-11-9-20-6-7-25-17(20)19-11/h2-7,9-10H,8H2,1H3,(H,18,22). The van der Waals surface area contributed by atoms with Crippen molar-refractivity contribution < 1.29 is 14.4 Å². The second kappa shape index (κ2) is 5.82. The van der Waals surface area contributed by atoms with Gasteiger partial charge < -0.3 is 5.32 Å². The minimum atomic E-state index is -0.892. The minimum Gasteiger partial charge on any atom is -0.349 e. The van der Waals surface area contributed by atoms with Gasteiger partial charge in [0.15, 0.2) is 4.96 Å². The zero-order chi connectivity index (χ0) is 17.6. The number of thiazole rings is 1. The fourth-order valence-corrected chi connectivity index (χ4v) is 3.58. The molecule has 8 heteroatoms. The van der Waals surface area contributed by atoms with E-state index in [1.807, 2.05) is 22.2 Å². The molecule has 3 amide bonds. The summed E-state index contributed by atoms with van der Waals surface area (Å²) in [7, 11) is 0. The van der Waals surface area contributed by atoms with Gasteiger partial charge in [-0.25, -0.2) is 4.98 Å². The number of imide groups is 1. The van der Waals surface area contributed by atoms with Crippen LogP contribution in [0.4, 0.5) is 0 Å². The zero-order valence-electron chi connectivity index (χ0n) is 13.3. The molecule has 0 saturated carbocycles. The third kappa shape index (κ3) is 2.51. The van der Waals surface area contributed by atoms with Crippen LogP contribution in [0.2, 0.25) is 0 Å². The van der Waals surface area contributed by atoms with Crippen LogP contribution in [0, 0.1) is 0 Å². The van der Waals surface area contributed by atoms with Crippen LogP contribution < -0.4 is 5.32 Å². The van der Waals surface area contributed by atoms with Crippen molar-refractivity contribution >= 4 is 34.0 Å². The van der Waals surface area contributed by atoms with E-state index in [0.717, 1.165) is 15.6 Å². The van der Waals surface area contributed by atoms with Gasteiger partial charge in [-0.05, 0) is 19.1 Å². The molecule has 126 valence electrons. The van der Waals surface area contributed by atoms with Crippen molar-refractivity contribution in [3.05, 3.63) is 58.9 Å². The molecule has 2 aromatic heterocycles. The van der Waals surface area contributed by atoms with E-state index in [1.54, 1.807) is 31.2 Å². The predicted molar refractivity (Wildman–Crippen MR) is 91.3 cm³/mol. The summed E-state index contributed by atoms with van der Waals surface area (Å²) in [6.07, 6.45) is 3.72. The maximum atomic E-state index is 12.4. The summed E-state index contributed by atoms with van der Waals surface area (Å²) in [5.41, 5.74) is 1.39. The van der Waals surface area contributed by atoms with Gasteiger partial charge in [0.25, 0.3) is 11.8 Å². The van der Waals surface area contributed by atoms with Crippen molar-refractivity contribution in [2.24, 2.45) is 0 Å². The molecule has 4 rings (SSSR count). The fraction of sp³-hybridized carbons (Fsp3) is 0.176. The Morgan fingerprint density at radius 3 is 2.56 bits per heavy atom. The van der Waals surface area contributed by atoms with E-state index < -0.39 is 23.8 Å². The Balaban J connectivity index is 1.46. The number of hydrogen-bond donors (Lipinski definition) is 1. The van der Waals surface area contributed by atoms with Gasteiger partial charge in [0.2, 0.25) is 5.91 Å². The van der Waals surface area contributed by atoms with E-state index >= 15 is 0 Å². The molecule has 3 aromatic rings. The second-order valence-electron chi connectivity index (χ2n) is 5.74.